The van der Waals surface area contributed by atoms with Gasteiger partial charge in [-0.1, -0.05) is 6.07 Å². The van der Waals surface area contributed by atoms with Crippen LogP contribution in [0.1, 0.15) is 15.9 Å². The van der Waals surface area contributed by atoms with Gasteiger partial charge < -0.3 is 14.2 Å². The minimum atomic E-state index is -0.616. The van der Waals surface area contributed by atoms with E-state index >= 15 is 0 Å². The van der Waals surface area contributed by atoms with Gasteiger partial charge >= 0.3 is 0 Å². The highest BCUT2D eigenvalue weighted by atomic mass is 32.1. The van der Waals surface area contributed by atoms with Gasteiger partial charge in [-0.15, -0.1) is 11.3 Å². The molecule has 5 nitrogen and oxygen atoms in total. The smallest absolute Gasteiger partial charge is 0.203 e. The first-order valence-corrected chi connectivity index (χ1v) is 8.56. The zero-order valence-electron chi connectivity index (χ0n) is 14.4. The van der Waals surface area contributed by atoms with Crippen LogP contribution in [0.4, 0.5) is 4.39 Å². The number of nitrogens with zero attached hydrogens (tertiary/aromatic N) is 1. The molecule has 0 unspecified atom stereocenters. The fraction of sp³-hybridized carbons (Fsp3) is 0.158. The lowest BCUT2D eigenvalue weighted by molar-refractivity contribution is 0.103. The standard InChI is InChI=1S/C19H16FNO4S/c1-23-16-7-12(8-17(24-2)19(16)25-3)18(22)13-5-4-11(6-14(13)20)15-9-26-10-21-15/h4-10H,1-3H3. The van der Waals surface area contributed by atoms with Gasteiger partial charge in [-0.25, -0.2) is 9.37 Å². The Morgan fingerprint density at radius 1 is 1.04 bits per heavy atom. The van der Waals surface area contributed by atoms with Crippen LogP contribution in [0.15, 0.2) is 41.2 Å². The molecule has 0 saturated heterocycles. The Bertz CT molecular complexity index is 916. The maximum atomic E-state index is 14.6. The number of aromatic nitrogens is 1. The number of thiazole rings is 1. The summed E-state index contributed by atoms with van der Waals surface area (Å²) in [5.74, 6) is -0.0730. The van der Waals surface area contributed by atoms with E-state index in [1.807, 2.05) is 5.38 Å². The van der Waals surface area contributed by atoms with Crippen LogP contribution in [0.25, 0.3) is 11.3 Å². The highest BCUT2D eigenvalue weighted by Gasteiger charge is 2.20. The normalized spacial score (nSPS) is 10.5. The third-order valence-corrected chi connectivity index (χ3v) is 4.46. The minimum Gasteiger partial charge on any atom is -0.493 e. The Morgan fingerprint density at radius 3 is 2.23 bits per heavy atom. The third-order valence-electron chi connectivity index (χ3n) is 3.87. The lowest BCUT2D eigenvalue weighted by Gasteiger charge is -2.14. The highest BCUT2D eigenvalue weighted by Crippen LogP contribution is 2.39. The number of halogens is 1. The molecule has 3 rings (SSSR count). The molecule has 1 heterocycles. The van der Waals surface area contributed by atoms with E-state index in [1.54, 1.807) is 11.6 Å². The molecule has 0 N–H and O–H groups in total. The van der Waals surface area contributed by atoms with Gasteiger partial charge in [0.25, 0.3) is 0 Å². The van der Waals surface area contributed by atoms with E-state index in [0.29, 0.717) is 28.5 Å². The van der Waals surface area contributed by atoms with Crippen molar-refractivity contribution in [2.24, 2.45) is 0 Å². The van der Waals surface area contributed by atoms with Gasteiger partial charge in [0.05, 0.1) is 38.1 Å². The molecule has 26 heavy (non-hydrogen) atoms. The lowest BCUT2D eigenvalue weighted by atomic mass is 10.00. The number of ketones is 1. The van der Waals surface area contributed by atoms with Crippen LogP contribution >= 0.6 is 11.3 Å². The molecule has 0 amide bonds. The molecule has 0 aliphatic carbocycles. The summed E-state index contributed by atoms with van der Waals surface area (Å²) in [6.45, 7) is 0. The number of hydrogen-bond donors (Lipinski definition) is 0. The summed E-state index contributed by atoms with van der Waals surface area (Å²) in [6.07, 6.45) is 0. The second-order valence-corrected chi connectivity index (χ2v) is 6.03. The monoisotopic (exact) mass is 373 g/mol. The number of ether oxygens (including phenoxy) is 3. The van der Waals surface area contributed by atoms with Crippen molar-refractivity contribution in [1.29, 1.82) is 0 Å². The molecule has 0 spiro atoms. The summed E-state index contributed by atoms with van der Waals surface area (Å²) >= 11 is 1.42. The summed E-state index contributed by atoms with van der Waals surface area (Å²) in [4.78, 5) is 16.9. The van der Waals surface area contributed by atoms with E-state index in [9.17, 15) is 9.18 Å². The fourth-order valence-corrected chi connectivity index (χ4v) is 3.14. The lowest BCUT2D eigenvalue weighted by Crippen LogP contribution is -2.06. The van der Waals surface area contributed by atoms with Crippen LogP contribution in [0.3, 0.4) is 0 Å². The fourth-order valence-electron chi connectivity index (χ4n) is 2.58. The largest absolute Gasteiger partial charge is 0.493 e. The SMILES string of the molecule is COc1cc(C(=O)c2ccc(-c3cscn3)cc2F)cc(OC)c1OC. The number of methoxy groups -OCH3 is 3. The molecule has 0 bridgehead atoms. The second-order valence-electron chi connectivity index (χ2n) is 5.31. The maximum Gasteiger partial charge on any atom is 0.203 e. The highest BCUT2D eigenvalue weighted by molar-refractivity contribution is 7.07. The first-order valence-electron chi connectivity index (χ1n) is 7.61. The Morgan fingerprint density at radius 2 is 1.73 bits per heavy atom. The van der Waals surface area contributed by atoms with Crippen LogP contribution in [-0.4, -0.2) is 32.1 Å². The Balaban J connectivity index is 2.02. The van der Waals surface area contributed by atoms with Gasteiger partial charge in [0, 0.05) is 16.5 Å². The van der Waals surface area contributed by atoms with E-state index in [1.165, 1.54) is 56.9 Å². The van der Waals surface area contributed by atoms with Crippen molar-refractivity contribution in [2.45, 2.75) is 0 Å². The molecule has 134 valence electrons. The topological polar surface area (TPSA) is 57.7 Å². The van der Waals surface area contributed by atoms with Crippen molar-refractivity contribution in [3.05, 3.63) is 58.2 Å². The van der Waals surface area contributed by atoms with Crippen molar-refractivity contribution in [2.75, 3.05) is 21.3 Å². The van der Waals surface area contributed by atoms with Crippen LogP contribution in [0, 0.1) is 5.82 Å². The minimum absolute atomic E-state index is 0.0433. The molecular formula is C19H16FNO4S. The zero-order chi connectivity index (χ0) is 18.7. The molecule has 7 heteroatoms. The number of benzene rings is 2. The predicted molar refractivity (Wildman–Crippen MR) is 97.0 cm³/mol. The van der Waals surface area contributed by atoms with E-state index in [4.69, 9.17) is 14.2 Å². The molecule has 2 aromatic carbocycles. The van der Waals surface area contributed by atoms with Gasteiger partial charge in [-0.3, -0.25) is 4.79 Å². The number of carbonyl (C=O) groups is 1. The number of rotatable bonds is 6. The number of hydrogen-bond acceptors (Lipinski definition) is 6. The summed E-state index contributed by atoms with van der Waals surface area (Å²) in [5, 5.41) is 1.81. The Hall–Kier alpha value is -2.93. The van der Waals surface area contributed by atoms with Gasteiger partial charge in [0.15, 0.2) is 17.3 Å². The van der Waals surface area contributed by atoms with E-state index in [0.717, 1.165) is 0 Å². The number of carbonyl (C=O) groups excluding carboxylic acids is 1. The van der Waals surface area contributed by atoms with Crippen molar-refractivity contribution >= 4 is 17.1 Å². The Kier molecular flexibility index (Phi) is 5.18. The molecule has 3 aromatic rings. The van der Waals surface area contributed by atoms with E-state index in [-0.39, 0.29) is 11.1 Å². The van der Waals surface area contributed by atoms with Gasteiger partial charge in [-0.2, -0.15) is 0 Å². The first-order chi connectivity index (χ1) is 12.6. The summed E-state index contributed by atoms with van der Waals surface area (Å²) in [5.41, 5.74) is 3.14. The van der Waals surface area contributed by atoms with Crippen LogP contribution in [0.5, 0.6) is 17.2 Å². The third kappa shape index (κ3) is 3.25. The quantitative estimate of drug-likeness (QED) is 0.606. The first kappa shape index (κ1) is 17.9. The molecular weight excluding hydrogens is 357 g/mol. The predicted octanol–water partition coefficient (Wildman–Crippen LogP) is 4.21. The molecule has 0 fully saturated rings. The molecule has 1 aromatic heterocycles. The van der Waals surface area contributed by atoms with Crippen molar-refractivity contribution in [3.63, 3.8) is 0 Å². The molecule has 0 aliphatic heterocycles. The average molecular weight is 373 g/mol. The molecule has 0 atom stereocenters. The second kappa shape index (κ2) is 7.53. The average Bonchev–Trinajstić information content (AvgIpc) is 3.20. The van der Waals surface area contributed by atoms with Crippen molar-refractivity contribution < 1.29 is 23.4 Å². The van der Waals surface area contributed by atoms with E-state index in [2.05, 4.69) is 4.98 Å². The molecule has 0 aliphatic rings. The van der Waals surface area contributed by atoms with Gasteiger partial charge in [0.2, 0.25) is 5.75 Å². The van der Waals surface area contributed by atoms with Crippen LogP contribution < -0.4 is 14.2 Å². The van der Waals surface area contributed by atoms with Gasteiger partial charge in [0.1, 0.15) is 5.82 Å². The van der Waals surface area contributed by atoms with Crippen molar-refractivity contribution in [3.8, 4) is 28.5 Å². The van der Waals surface area contributed by atoms with Crippen molar-refractivity contribution in [1.82, 2.24) is 4.98 Å². The zero-order valence-corrected chi connectivity index (χ0v) is 15.2. The van der Waals surface area contributed by atoms with Crippen LogP contribution in [-0.2, 0) is 0 Å². The summed E-state index contributed by atoms with van der Waals surface area (Å²) in [6, 6.07) is 7.42. The summed E-state index contributed by atoms with van der Waals surface area (Å²) in [7, 11) is 4.38. The van der Waals surface area contributed by atoms with Crippen LogP contribution in [0.2, 0.25) is 0 Å². The Labute approximate surface area is 154 Å². The molecule has 0 radical (unpaired) electrons. The van der Waals surface area contributed by atoms with E-state index < -0.39 is 11.6 Å². The molecule has 0 saturated carbocycles. The summed E-state index contributed by atoms with van der Waals surface area (Å²) < 4.78 is 30.3. The van der Waals surface area contributed by atoms with Gasteiger partial charge in [-0.05, 0) is 24.3 Å². The maximum absolute atomic E-state index is 14.6.